The lowest BCUT2D eigenvalue weighted by molar-refractivity contribution is 0.0214. The van der Waals surface area contributed by atoms with E-state index in [2.05, 4.69) is 82.8 Å². The molecule has 2 fully saturated rings. The Balaban J connectivity index is 0.000000166. The number of phenolic OH excluding ortho intramolecular Hbond substituents is 4. The molecule has 2 amide bonds. The number of ether oxygens (including phenoxy) is 6. The number of anilines is 1. The molecule has 6 N–H and O–H groups in total. The second-order valence-corrected chi connectivity index (χ2v) is 34.7. The molecule has 2 saturated heterocycles. The minimum Gasteiger partial charge on any atom is -0.508 e. The molecule has 646 valence electrons. The number of amides is 2. The Morgan fingerprint density at radius 2 is 0.874 bits per heavy atom. The number of hydrogen-bond donors (Lipinski definition) is 6. The number of phenols is 4. The Morgan fingerprint density at radius 1 is 0.441 bits per heavy atom. The smallest absolute Gasteiger partial charge is 0.340 e. The van der Waals surface area contributed by atoms with E-state index in [-0.39, 0.29) is 51.2 Å². The van der Waals surface area contributed by atoms with E-state index in [0.29, 0.717) is 130 Å². The number of fused-ring (bicyclic) bond motifs is 18. The van der Waals surface area contributed by atoms with Crippen molar-refractivity contribution in [1.29, 1.82) is 0 Å². The van der Waals surface area contributed by atoms with Crippen LogP contribution in [0.2, 0.25) is 0 Å². The van der Waals surface area contributed by atoms with E-state index in [1.807, 2.05) is 109 Å². The summed E-state index contributed by atoms with van der Waals surface area (Å²) < 4.78 is 44.6. The number of aromatic hydroxyl groups is 4. The van der Waals surface area contributed by atoms with Gasteiger partial charge in [0.1, 0.15) is 68.5 Å². The molecule has 23 nitrogen and oxygen atoms in total. The van der Waals surface area contributed by atoms with Gasteiger partial charge >= 0.3 is 18.0 Å². The SMILES string of the molecule is Cc1ccc(C2CCN(CCCn3c(=O)c4cccn4c4cc(OCCCCCC(=S)Cc5ccc6c(c5)C(=O)OC65c6ccc(O)cc6Oc6cc(O)ccc65)ccc43)CC2)cc1.Cc1ccc(C2CCN(CCCn3c(=O)c4cccn4c4cc(OCCCNC(=O)Nc5ccc6c(c5)C(=O)OC65c6ccc(O)cc6Oc6cc(O)ccc65)ccc43)CC2)cc1. The average Bonchev–Trinajstić information content (AvgIpc) is 1.56. The van der Waals surface area contributed by atoms with Crippen LogP contribution in [0.3, 0.4) is 0 Å². The zero-order valence-corrected chi connectivity index (χ0v) is 71.5. The number of rotatable bonds is 25. The lowest BCUT2D eigenvalue weighted by Crippen LogP contribution is -2.34. The van der Waals surface area contributed by atoms with E-state index >= 15 is 0 Å². The van der Waals surface area contributed by atoms with Crippen molar-refractivity contribution in [2.45, 2.75) is 127 Å². The highest BCUT2D eigenvalue weighted by atomic mass is 32.1. The molecule has 0 unspecified atom stereocenters. The molecule has 6 aliphatic rings. The Morgan fingerprint density at radius 3 is 1.34 bits per heavy atom. The molecule has 4 aromatic heterocycles. The van der Waals surface area contributed by atoms with Crippen LogP contribution in [-0.2, 0) is 40.2 Å². The molecule has 10 heterocycles. The number of piperidine rings is 2. The van der Waals surface area contributed by atoms with Gasteiger partial charge in [0.25, 0.3) is 11.1 Å². The van der Waals surface area contributed by atoms with Crippen molar-refractivity contribution in [3.05, 3.63) is 324 Å². The molecular weight excluding hydrogens is 1620 g/mol. The van der Waals surface area contributed by atoms with Gasteiger partial charge in [-0.25, -0.2) is 14.4 Å². The average molecular weight is 1720 g/mol. The lowest BCUT2D eigenvalue weighted by Gasteiger charge is -2.36. The maximum absolute atomic E-state index is 13.7. The molecule has 20 rings (SSSR count). The van der Waals surface area contributed by atoms with Crippen molar-refractivity contribution in [3.8, 4) is 57.5 Å². The summed E-state index contributed by atoms with van der Waals surface area (Å²) in [7, 11) is 0. The Labute approximate surface area is 738 Å². The van der Waals surface area contributed by atoms with Gasteiger partial charge in [0.05, 0.1) is 46.4 Å². The van der Waals surface area contributed by atoms with Crippen LogP contribution in [0.25, 0.3) is 33.1 Å². The number of hydrogen-bond acceptors (Lipinski definition) is 18. The third-order valence-electron chi connectivity index (χ3n) is 25.9. The van der Waals surface area contributed by atoms with Crippen LogP contribution in [-0.4, -0.2) is 130 Å². The van der Waals surface area contributed by atoms with Gasteiger partial charge in [-0.1, -0.05) is 90.1 Å². The zero-order valence-electron chi connectivity index (χ0n) is 70.7. The number of nitrogens with one attached hydrogen (secondary N) is 2. The van der Waals surface area contributed by atoms with Gasteiger partial charge in [0.15, 0.2) is 11.2 Å². The third-order valence-corrected chi connectivity index (χ3v) is 26.3. The fourth-order valence-corrected chi connectivity index (χ4v) is 19.8. The van der Waals surface area contributed by atoms with Gasteiger partial charge in [-0.2, -0.15) is 0 Å². The maximum atomic E-state index is 13.7. The molecule has 10 aromatic carbocycles. The summed E-state index contributed by atoms with van der Waals surface area (Å²) in [5.74, 6) is 2.83. The summed E-state index contributed by atoms with van der Waals surface area (Å²) in [6, 6.07) is 66.3. The fraction of sp³-hybridized carbons (Fsp3) is 0.282. The number of likely N-dealkylation sites (tertiary alicyclic amines) is 2. The van der Waals surface area contributed by atoms with Crippen LogP contribution < -0.4 is 40.7 Å². The first kappa shape index (κ1) is 82.9. The Hall–Kier alpha value is -13.7. The zero-order chi connectivity index (χ0) is 87.2. The predicted octanol–water partition coefficient (Wildman–Crippen LogP) is 18.8. The van der Waals surface area contributed by atoms with Crippen LogP contribution >= 0.6 is 12.2 Å². The van der Waals surface area contributed by atoms with Crippen LogP contribution in [0.5, 0.6) is 57.5 Å². The fourth-order valence-electron chi connectivity index (χ4n) is 19.5. The summed E-state index contributed by atoms with van der Waals surface area (Å²) in [5.41, 5.74) is 13.2. The van der Waals surface area contributed by atoms with E-state index < -0.39 is 29.2 Å². The summed E-state index contributed by atoms with van der Waals surface area (Å²) in [5, 5.41) is 46.5. The van der Waals surface area contributed by atoms with Gasteiger partial charge in [-0.15, -0.1) is 0 Å². The monoisotopic (exact) mass is 1720 g/mol. The number of carbonyl (C=O) groups excluding carboxylic acids is 3. The number of benzene rings is 10. The summed E-state index contributed by atoms with van der Waals surface area (Å²) in [6.07, 6.45) is 14.9. The van der Waals surface area contributed by atoms with Gasteiger partial charge in [-0.3, -0.25) is 9.59 Å². The number of nitrogens with zero attached hydrogens (tertiary/aromatic N) is 6. The number of urea groups is 1. The van der Waals surface area contributed by atoms with Gasteiger partial charge < -0.3 is 87.2 Å². The van der Waals surface area contributed by atoms with E-state index in [1.54, 1.807) is 54.6 Å². The molecule has 0 radical (unpaired) electrons. The highest BCUT2D eigenvalue weighted by Gasteiger charge is 2.55. The van der Waals surface area contributed by atoms with Crippen LogP contribution in [0, 0.1) is 13.8 Å². The first-order valence-corrected chi connectivity index (χ1v) is 44.3. The quantitative estimate of drug-likeness (QED) is 0.0176. The largest absolute Gasteiger partial charge is 0.508 e. The van der Waals surface area contributed by atoms with E-state index in [0.717, 1.165) is 129 Å². The van der Waals surface area contributed by atoms with E-state index in [9.17, 15) is 44.4 Å². The van der Waals surface area contributed by atoms with Crippen molar-refractivity contribution < 1.29 is 63.2 Å². The molecule has 6 aliphatic heterocycles. The molecule has 24 heteroatoms. The number of carbonyl (C=O) groups is 3. The van der Waals surface area contributed by atoms with Crippen molar-refractivity contribution in [3.63, 3.8) is 0 Å². The van der Waals surface area contributed by atoms with Crippen molar-refractivity contribution in [2.75, 3.05) is 64.3 Å². The van der Waals surface area contributed by atoms with Crippen molar-refractivity contribution >= 4 is 73.8 Å². The minimum absolute atomic E-state index is 0.00740. The number of esters is 2. The molecule has 0 saturated carbocycles. The topological polar surface area (TPSA) is 271 Å². The molecule has 0 atom stereocenters. The maximum Gasteiger partial charge on any atom is 0.340 e. The first-order valence-electron chi connectivity index (χ1n) is 43.9. The highest BCUT2D eigenvalue weighted by Crippen LogP contribution is 2.59. The van der Waals surface area contributed by atoms with E-state index in [4.69, 9.17) is 40.6 Å². The number of unbranched alkanes of at least 4 members (excludes halogenated alkanes) is 2. The molecule has 127 heavy (non-hydrogen) atoms. The van der Waals surface area contributed by atoms with Gasteiger partial charge in [0, 0.05) is 114 Å². The molecule has 2 spiro atoms. The number of aromatic nitrogens is 4. The lowest BCUT2D eigenvalue weighted by atomic mass is 9.77. The normalized spacial score (nSPS) is 15.4. The van der Waals surface area contributed by atoms with Gasteiger partial charge in [0.2, 0.25) is 0 Å². The van der Waals surface area contributed by atoms with Crippen molar-refractivity contribution in [2.24, 2.45) is 0 Å². The van der Waals surface area contributed by atoms with Crippen LogP contribution in [0.15, 0.2) is 240 Å². The van der Waals surface area contributed by atoms with Crippen LogP contribution in [0.4, 0.5) is 10.5 Å². The second-order valence-electron chi connectivity index (χ2n) is 34.2. The standard InChI is InChI=1S/C53H51N3O7S.C50H47N5O8/c1-34-9-12-36(13-10-34)37-21-26-54(27-22-37)23-6-25-56-46-20-16-40(33-48(46)55-24-5-8-47(55)51(56)59)61-28-4-2-3-7-41(64)29-35-11-17-43-42(30-35)52(60)63-53(43)44-18-14-38(57)31-49(44)62-50-32-39(58)15-19-45(50)53;1-31-6-8-32(9-7-31)33-18-24-53(25-19-33)21-4-23-55-42-17-13-37(30-44(42)54-22-2-5-43(54)47(55)58)61-26-3-20-51-49(60)52-34-10-14-39-38(27-34)48(59)63-50(39)40-15-11-35(56)28-45(40)62-46-29-36(57)12-16-41(46)50/h5,8-20,24,30-33,37,57-58H,2-4,6-7,21-23,25-29H2,1H3;2,5-17,22,27-30,33,56-57H,3-4,18-21,23-26H2,1H3,(H2,51,52,60). The summed E-state index contributed by atoms with van der Waals surface area (Å²) in [6.45, 7) is 13.0. The molecule has 0 aliphatic carbocycles. The van der Waals surface area contributed by atoms with Crippen LogP contribution in [0.1, 0.15) is 164 Å². The Kier molecular flexibility index (Phi) is 22.9. The van der Waals surface area contributed by atoms with Gasteiger partial charge in [-0.05, 0) is 272 Å². The molecule has 14 aromatic rings. The minimum atomic E-state index is -1.39. The third kappa shape index (κ3) is 16.3. The van der Waals surface area contributed by atoms with Crippen molar-refractivity contribution in [1.82, 2.24) is 33.1 Å². The highest BCUT2D eigenvalue weighted by molar-refractivity contribution is 7.80. The molecular formula is C103H98N8O15S. The summed E-state index contributed by atoms with van der Waals surface area (Å²) in [4.78, 5) is 73.3. The Bertz CT molecular complexity index is 6650. The second kappa shape index (κ2) is 35.0. The predicted molar refractivity (Wildman–Crippen MR) is 490 cm³/mol. The summed E-state index contributed by atoms with van der Waals surface area (Å²) >= 11 is 5.83. The molecule has 0 bridgehead atoms. The number of aryl methyl sites for hydroxylation is 4. The van der Waals surface area contributed by atoms with E-state index in [1.165, 1.54) is 71.5 Å². The number of thiocarbonyl (C=S) groups is 1. The first-order chi connectivity index (χ1) is 61.8.